The first-order chi connectivity index (χ1) is 9.73. The Hall–Kier alpha value is -1.04. The fourth-order valence-electron chi connectivity index (χ4n) is 4.21. The van der Waals surface area contributed by atoms with E-state index in [0.717, 1.165) is 0 Å². The van der Waals surface area contributed by atoms with Crippen molar-refractivity contribution in [1.29, 1.82) is 0 Å². The summed E-state index contributed by atoms with van der Waals surface area (Å²) in [5.74, 6) is 2.59. The fourth-order valence-corrected chi connectivity index (χ4v) is 4.21. The van der Waals surface area contributed by atoms with Crippen LogP contribution in [0.4, 0.5) is 0 Å². The quantitative estimate of drug-likeness (QED) is 0.554. The third-order valence-corrected chi connectivity index (χ3v) is 5.54. The first kappa shape index (κ1) is 16.3. The molecule has 2 rings (SSSR count). The van der Waals surface area contributed by atoms with Crippen molar-refractivity contribution in [3.63, 3.8) is 0 Å². The van der Waals surface area contributed by atoms with Gasteiger partial charge in [0.25, 0.3) is 0 Å². The fraction of sp³-hybridized carbons (Fsp3) is 0.619. The van der Waals surface area contributed by atoms with Crippen molar-refractivity contribution >= 4 is 0 Å². The van der Waals surface area contributed by atoms with Gasteiger partial charge >= 0.3 is 0 Å². The smallest absolute Gasteiger partial charge is 0.00193 e. The summed E-state index contributed by atoms with van der Waals surface area (Å²) in [6, 6.07) is 0. The van der Waals surface area contributed by atoms with Gasteiger partial charge in [0.2, 0.25) is 0 Å². The lowest BCUT2D eigenvalue weighted by Crippen LogP contribution is -2.11. The summed E-state index contributed by atoms with van der Waals surface area (Å²) < 4.78 is 0. The van der Waals surface area contributed by atoms with Crippen LogP contribution in [-0.4, -0.2) is 0 Å². The Morgan fingerprint density at radius 3 is 1.29 bits per heavy atom. The van der Waals surface area contributed by atoms with Crippen molar-refractivity contribution in [2.24, 2.45) is 23.7 Å². The SMILES string of the molecule is CC1=CC(C(C)C)=C(C)C1CC1C(C)=CC(C(C)C)=C1C. The second kappa shape index (κ2) is 5.99. The zero-order valence-corrected chi connectivity index (χ0v) is 15.2. The minimum atomic E-state index is 0.646. The third kappa shape index (κ3) is 2.96. The highest BCUT2D eigenvalue weighted by Crippen LogP contribution is 2.44. The van der Waals surface area contributed by atoms with E-state index in [9.17, 15) is 0 Å². The van der Waals surface area contributed by atoms with Gasteiger partial charge in [-0.1, -0.05) is 62.1 Å². The molecule has 2 aliphatic carbocycles. The van der Waals surface area contributed by atoms with E-state index in [-0.39, 0.29) is 0 Å². The molecule has 0 fully saturated rings. The van der Waals surface area contributed by atoms with Crippen LogP contribution in [0.5, 0.6) is 0 Å². The van der Waals surface area contributed by atoms with Gasteiger partial charge in [-0.2, -0.15) is 0 Å². The van der Waals surface area contributed by atoms with E-state index in [4.69, 9.17) is 0 Å². The summed E-state index contributed by atoms with van der Waals surface area (Å²) in [6.07, 6.45) is 6.15. The zero-order valence-electron chi connectivity index (χ0n) is 15.2. The molecule has 2 unspecified atom stereocenters. The number of hydrogen-bond donors (Lipinski definition) is 0. The molecule has 0 heterocycles. The van der Waals surface area contributed by atoms with Gasteiger partial charge in [-0.15, -0.1) is 0 Å². The molecule has 0 nitrogen and oxygen atoms in total. The van der Waals surface area contributed by atoms with E-state index in [1.807, 2.05) is 0 Å². The van der Waals surface area contributed by atoms with Crippen LogP contribution >= 0.6 is 0 Å². The van der Waals surface area contributed by atoms with Gasteiger partial charge in [0.15, 0.2) is 0 Å². The summed E-state index contributed by atoms with van der Waals surface area (Å²) in [6.45, 7) is 18.6. The lowest BCUT2D eigenvalue weighted by Gasteiger charge is -2.23. The predicted octanol–water partition coefficient (Wildman–Crippen LogP) is 6.47. The molecule has 0 bridgehead atoms. The maximum atomic E-state index is 2.45. The monoisotopic (exact) mass is 284 g/mol. The first-order valence-electron chi connectivity index (χ1n) is 8.51. The Morgan fingerprint density at radius 1 is 0.714 bits per heavy atom. The molecule has 0 spiro atoms. The molecular formula is C21H32. The lowest BCUT2D eigenvalue weighted by atomic mass is 9.81. The molecule has 0 aromatic heterocycles. The molecule has 0 heteroatoms. The highest BCUT2D eigenvalue weighted by Gasteiger charge is 2.30. The van der Waals surface area contributed by atoms with Gasteiger partial charge in [0, 0.05) is 11.8 Å². The summed E-state index contributed by atoms with van der Waals surface area (Å²) in [5, 5.41) is 0. The van der Waals surface area contributed by atoms with Crippen LogP contribution in [0.2, 0.25) is 0 Å². The molecule has 2 aliphatic rings. The van der Waals surface area contributed by atoms with E-state index in [0.29, 0.717) is 23.7 Å². The van der Waals surface area contributed by atoms with Crippen LogP contribution in [0.3, 0.4) is 0 Å². The summed E-state index contributed by atoms with van der Waals surface area (Å²) in [4.78, 5) is 0. The topological polar surface area (TPSA) is 0 Å². The van der Waals surface area contributed by atoms with Crippen LogP contribution in [0.15, 0.2) is 45.6 Å². The van der Waals surface area contributed by atoms with Crippen molar-refractivity contribution in [3.05, 3.63) is 45.6 Å². The summed E-state index contributed by atoms with van der Waals surface area (Å²) in [7, 11) is 0. The molecule has 0 N–H and O–H groups in total. The normalized spacial score (nSPS) is 26.4. The number of rotatable bonds is 4. The predicted molar refractivity (Wildman–Crippen MR) is 94.2 cm³/mol. The van der Waals surface area contributed by atoms with Crippen molar-refractivity contribution < 1.29 is 0 Å². The first-order valence-corrected chi connectivity index (χ1v) is 8.51. The maximum absolute atomic E-state index is 2.45. The molecular weight excluding hydrogens is 252 g/mol. The molecule has 2 atom stereocenters. The van der Waals surface area contributed by atoms with Crippen molar-refractivity contribution in [2.75, 3.05) is 0 Å². The van der Waals surface area contributed by atoms with Gasteiger partial charge < -0.3 is 0 Å². The number of allylic oxidation sites excluding steroid dienone is 8. The third-order valence-electron chi connectivity index (χ3n) is 5.54. The molecule has 0 radical (unpaired) electrons. The molecule has 0 amide bonds. The average molecular weight is 284 g/mol. The molecule has 0 saturated heterocycles. The highest BCUT2D eigenvalue weighted by molar-refractivity contribution is 5.45. The van der Waals surface area contributed by atoms with E-state index in [1.54, 1.807) is 33.4 Å². The summed E-state index contributed by atoms with van der Waals surface area (Å²) in [5.41, 5.74) is 9.50. The number of hydrogen-bond acceptors (Lipinski definition) is 0. The lowest BCUT2D eigenvalue weighted by molar-refractivity contribution is 0.544. The Morgan fingerprint density at radius 2 is 1.05 bits per heavy atom. The summed E-state index contributed by atoms with van der Waals surface area (Å²) >= 11 is 0. The van der Waals surface area contributed by atoms with E-state index < -0.39 is 0 Å². The van der Waals surface area contributed by atoms with Gasteiger partial charge in [-0.05, 0) is 57.1 Å². The van der Waals surface area contributed by atoms with E-state index in [1.165, 1.54) is 6.42 Å². The van der Waals surface area contributed by atoms with Crippen molar-refractivity contribution in [1.82, 2.24) is 0 Å². The van der Waals surface area contributed by atoms with Crippen LogP contribution < -0.4 is 0 Å². The Balaban J connectivity index is 2.24. The average Bonchev–Trinajstić information content (AvgIpc) is 2.82. The highest BCUT2D eigenvalue weighted by atomic mass is 14.3. The maximum Gasteiger partial charge on any atom is 0.00193 e. The molecule has 0 aliphatic heterocycles. The Kier molecular flexibility index (Phi) is 4.66. The van der Waals surface area contributed by atoms with Gasteiger partial charge in [0.1, 0.15) is 0 Å². The van der Waals surface area contributed by atoms with E-state index >= 15 is 0 Å². The largest absolute Gasteiger partial charge is 0.0658 e. The van der Waals surface area contributed by atoms with Gasteiger partial charge in [-0.25, -0.2) is 0 Å². The van der Waals surface area contributed by atoms with Crippen LogP contribution in [0, 0.1) is 23.7 Å². The van der Waals surface area contributed by atoms with Crippen molar-refractivity contribution in [3.8, 4) is 0 Å². The molecule has 0 aromatic carbocycles. The minimum Gasteiger partial charge on any atom is -0.0658 e. The second-order valence-corrected chi connectivity index (χ2v) is 7.70. The van der Waals surface area contributed by atoms with Crippen molar-refractivity contribution in [2.45, 2.75) is 61.8 Å². The molecule has 21 heavy (non-hydrogen) atoms. The molecule has 0 aromatic rings. The van der Waals surface area contributed by atoms with E-state index in [2.05, 4.69) is 67.5 Å². The van der Waals surface area contributed by atoms with Crippen LogP contribution in [0.25, 0.3) is 0 Å². The zero-order chi connectivity index (χ0) is 15.9. The standard InChI is InChI=1S/C21H32/c1-12(2)18-9-14(5)20(16(18)7)11-21-15(6)10-19(13(3)4)17(21)8/h9-10,12-13,20-21H,11H2,1-8H3. The molecule has 0 saturated carbocycles. The van der Waals surface area contributed by atoms with Crippen LogP contribution in [-0.2, 0) is 0 Å². The Labute approximate surface area is 131 Å². The van der Waals surface area contributed by atoms with Gasteiger partial charge in [-0.3, -0.25) is 0 Å². The van der Waals surface area contributed by atoms with Gasteiger partial charge in [0.05, 0.1) is 0 Å². The Bertz CT molecular complexity index is 497. The minimum absolute atomic E-state index is 0.646. The molecule has 116 valence electrons. The van der Waals surface area contributed by atoms with Crippen LogP contribution in [0.1, 0.15) is 61.8 Å². The second-order valence-electron chi connectivity index (χ2n) is 7.70.